The van der Waals surface area contributed by atoms with Crippen LogP contribution in [0.3, 0.4) is 0 Å². The Morgan fingerprint density at radius 3 is 2.63 bits per heavy atom. The summed E-state index contributed by atoms with van der Waals surface area (Å²) in [6, 6.07) is 7.60. The van der Waals surface area contributed by atoms with Crippen LogP contribution in [-0.4, -0.2) is 28.9 Å². The minimum atomic E-state index is -0.144. The lowest BCUT2D eigenvalue weighted by atomic mass is 10.2. The molecule has 0 saturated heterocycles. The Labute approximate surface area is 125 Å². The molecule has 100 valence electrons. The molecule has 1 aromatic heterocycles. The normalized spacial score (nSPS) is 11.1. The van der Waals surface area contributed by atoms with Gasteiger partial charge in [-0.2, -0.15) is 0 Å². The van der Waals surface area contributed by atoms with E-state index in [4.69, 9.17) is 11.6 Å². The van der Waals surface area contributed by atoms with Gasteiger partial charge in [0.05, 0.1) is 15.0 Å². The highest BCUT2D eigenvalue weighted by Crippen LogP contribution is 2.32. The Hall–Kier alpha value is -1.13. The monoisotopic (exact) mass is 340 g/mol. The molecule has 2 rings (SSSR count). The fourth-order valence-corrected chi connectivity index (χ4v) is 2.41. The molecule has 2 aromatic rings. The summed E-state index contributed by atoms with van der Waals surface area (Å²) in [4.78, 5) is 18.4. The lowest BCUT2D eigenvalue weighted by molar-refractivity contribution is 0.0748. The van der Waals surface area contributed by atoms with Crippen molar-refractivity contribution in [1.82, 2.24) is 9.88 Å². The van der Waals surface area contributed by atoms with Crippen molar-refractivity contribution in [3.8, 4) is 0 Å². The molecule has 1 aromatic carbocycles. The summed E-state index contributed by atoms with van der Waals surface area (Å²) in [5.74, 6) is -0.144. The summed E-state index contributed by atoms with van der Waals surface area (Å²) in [5.41, 5.74) is 1.07. The Bertz CT molecular complexity index is 643. The van der Waals surface area contributed by atoms with E-state index in [1.165, 1.54) is 0 Å². The van der Waals surface area contributed by atoms with E-state index in [2.05, 4.69) is 20.9 Å². The average molecular weight is 342 g/mol. The van der Waals surface area contributed by atoms with Gasteiger partial charge in [0.1, 0.15) is 5.69 Å². The standard InChI is InChI=1S/C14H14BrClN2O/c1-8(2)18(3)14(19)13-11(15)12(16)9-6-4-5-7-10(9)17-13/h4-8H,1-3H3. The van der Waals surface area contributed by atoms with Crippen LogP contribution in [-0.2, 0) is 0 Å². The zero-order valence-corrected chi connectivity index (χ0v) is 13.3. The van der Waals surface area contributed by atoms with Crippen molar-refractivity contribution in [1.29, 1.82) is 0 Å². The summed E-state index contributed by atoms with van der Waals surface area (Å²) in [7, 11) is 1.75. The minimum Gasteiger partial charge on any atom is -0.338 e. The molecule has 5 heteroatoms. The number of hydrogen-bond acceptors (Lipinski definition) is 2. The number of carbonyl (C=O) groups excluding carboxylic acids is 1. The first-order valence-electron chi connectivity index (χ1n) is 5.94. The molecule has 0 aliphatic carbocycles. The van der Waals surface area contributed by atoms with Crippen LogP contribution in [0.25, 0.3) is 10.9 Å². The number of para-hydroxylation sites is 1. The number of nitrogens with zero attached hydrogens (tertiary/aromatic N) is 2. The van der Waals surface area contributed by atoms with E-state index >= 15 is 0 Å². The molecular weight excluding hydrogens is 328 g/mol. The van der Waals surface area contributed by atoms with Crippen molar-refractivity contribution < 1.29 is 4.79 Å². The summed E-state index contributed by atoms with van der Waals surface area (Å²) < 4.78 is 0.547. The molecule has 0 N–H and O–H groups in total. The van der Waals surface area contributed by atoms with E-state index in [0.29, 0.717) is 15.2 Å². The summed E-state index contributed by atoms with van der Waals surface area (Å²) in [6.45, 7) is 3.91. The van der Waals surface area contributed by atoms with Gasteiger partial charge in [-0.1, -0.05) is 29.8 Å². The maximum atomic E-state index is 12.4. The first-order chi connectivity index (χ1) is 8.93. The smallest absolute Gasteiger partial charge is 0.273 e. The van der Waals surface area contributed by atoms with E-state index in [1.807, 2.05) is 38.1 Å². The molecule has 0 aliphatic heterocycles. The van der Waals surface area contributed by atoms with Crippen molar-refractivity contribution in [2.45, 2.75) is 19.9 Å². The van der Waals surface area contributed by atoms with E-state index in [0.717, 1.165) is 10.9 Å². The molecule has 0 atom stereocenters. The van der Waals surface area contributed by atoms with Crippen molar-refractivity contribution in [2.24, 2.45) is 0 Å². The lowest BCUT2D eigenvalue weighted by Crippen LogP contribution is -2.33. The first kappa shape index (κ1) is 14.3. The van der Waals surface area contributed by atoms with Gasteiger partial charge in [0, 0.05) is 18.5 Å². The van der Waals surface area contributed by atoms with Crippen LogP contribution in [0.5, 0.6) is 0 Å². The van der Waals surface area contributed by atoms with E-state index in [9.17, 15) is 4.79 Å². The van der Waals surface area contributed by atoms with Crippen LogP contribution in [0.1, 0.15) is 24.3 Å². The number of rotatable bonds is 2. The van der Waals surface area contributed by atoms with Gasteiger partial charge in [-0.05, 0) is 35.8 Å². The number of aromatic nitrogens is 1. The second-order valence-corrected chi connectivity index (χ2v) is 5.79. The lowest BCUT2D eigenvalue weighted by Gasteiger charge is -2.22. The van der Waals surface area contributed by atoms with Crippen LogP contribution < -0.4 is 0 Å². The maximum absolute atomic E-state index is 12.4. The number of halogens is 2. The molecule has 3 nitrogen and oxygen atoms in total. The summed E-state index contributed by atoms with van der Waals surface area (Å²) >= 11 is 9.68. The molecule has 0 saturated carbocycles. The molecule has 0 fully saturated rings. The van der Waals surface area contributed by atoms with Crippen LogP contribution >= 0.6 is 27.5 Å². The average Bonchev–Trinajstić information content (AvgIpc) is 2.41. The fourth-order valence-electron chi connectivity index (χ4n) is 1.69. The number of carbonyl (C=O) groups is 1. The fraction of sp³-hybridized carbons (Fsp3) is 0.286. The van der Waals surface area contributed by atoms with Gasteiger partial charge in [0.15, 0.2) is 0 Å². The molecule has 0 spiro atoms. The Kier molecular flexibility index (Phi) is 4.11. The SMILES string of the molecule is CC(C)N(C)C(=O)c1nc2ccccc2c(Cl)c1Br. The Balaban J connectivity index is 2.62. The zero-order valence-electron chi connectivity index (χ0n) is 10.9. The van der Waals surface area contributed by atoms with Gasteiger partial charge in [0.2, 0.25) is 0 Å². The van der Waals surface area contributed by atoms with Gasteiger partial charge in [-0.25, -0.2) is 4.98 Å². The predicted molar refractivity (Wildman–Crippen MR) is 81.7 cm³/mol. The van der Waals surface area contributed by atoms with Crippen LogP contribution in [0.2, 0.25) is 5.02 Å². The van der Waals surface area contributed by atoms with E-state index < -0.39 is 0 Å². The number of hydrogen-bond donors (Lipinski definition) is 0. The molecule has 1 amide bonds. The molecule has 0 unspecified atom stereocenters. The van der Waals surface area contributed by atoms with Crippen molar-refractivity contribution in [2.75, 3.05) is 7.05 Å². The third-order valence-electron chi connectivity index (χ3n) is 3.07. The zero-order chi connectivity index (χ0) is 14.2. The number of fused-ring (bicyclic) bond motifs is 1. The second kappa shape index (κ2) is 5.47. The molecule has 0 radical (unpaired) electrons. The topological polar surface area (TPSA) is 33.2 Å². The Morgan fingerprint density at radius 1 is 1.37 bits per heavy atom. The number of benzene rings is 1. The Morgan fingerprint density at radius 2 is 2.00 bits per heavy atom. The third kappa shape index (κ3) is 2.60. The number of amides is 1. The minimum absolute atomic E-state index is 0.103. The second-order valence-electron chi connectivity index (χ2n) is 4.62. The van der Waals surface area contributed by atoms with Crippen molar-refractivity contribution >= 4 is 44.3 Å². The molecule has 0 bridgehead atoms. The molecule has 0 aliphatic rings. The first-order valence-corrected chi connectivity index (χ1v) is 7.11. The molecular formula is C14H14BrClN2O. The maximum Gasteiger partial charge on any atom is 0.273 e. The highest BCUT2D eigenvalue weighted by Gasteiger charge is 2.21. The van der Waals surface area contributed by atoms with Crippen LogP contribution in [0.4, 0.5) is 0 Å². The highest BCUT2D eigenvalue weighted by molar-refractivity contribution is 9.10. The van der Waals surface area contributed by atoms with Crippen molar-refractivity contribution in [3.05, 3.63) is 39.5 Å². The van der Waals surface area contributed by atoms with Gasteiger partial charge >= 0.3 is 0 Å². The van der Waals surface area contributed by atoms with Crippen molar-refractivity contribution in [3.63, 3.8) is 0 Å². The third-order valence-corrected chi connectivity index (χ3v) is 4.46. The summed E-state index contributed by atoms with van der Waals surface area (Å²) in [6.07, 6.45) is 0. The van der Waals surface area contributed by atoms with Gasteiger partial charge in [-0.3, -0.25) is 4.79 Å². The quantitative estimate of drug-likeness (QED) is 0.823. The highest BCUT2D eigenvalue weighted by atomic mass is 79.9. The van der Waals surface area contributed by atoms with E-state index in [-0.39, 0.29) is 11.9 Å². The number of pyridine rings is 1. The van der Waals surface area contributed by atoms with Crippen LogP contribution in [0.15, 0.2) is 28.7 Å². The van der Waals surface area contributed by atoms with Crippen LogP contribution in [0, 0.1) is 0 Å². The van der Waals surface area contributed by atoms with E-state index in [1.54, 1.807) is 11.9 Å². The molecule has 1 heterocycles. The van der Waals surface area contributed by atoms with Gasteiger partial charge in [0.25, 0.3) is 5.91 Å². The predicted octanol–water partition coefficient (Wildman–Crippen LogP) is 4.13. The molecule has 19 heavy (non-hydrogen) atoms. The van der Waals surface area contributed by atoms with Gasteiger partial charge in [-0.15, -0.1) is 0 Å². The largest absolute Gasteiger partial charge is 0.338 e. The summed E-state index contributed by atoms with van der Waals surface area (Å²) in [5, 5.41) is 1.35. The van der Waals surface area contributed by atoms with Gasteiger partial charge < -0.3 is 4.90 Å².